The fraction of sp³-hybridized carbons (Fsp3) is 0.333. The molecule has 1 nitrogen and oxygen atoms in total. The standard InChI is InChI=1S/C12H14O/c1-9(2)8-11-5-3-4-10-6-7-13-12(10)11/h3-7,9H,8H2,1-2H3. The molecule has 1 heterocycles. The van der Waals surface area contributed by atoms with Crippen molar-refractivity contribution >= 4 is 11.0 Å². The molecule has 0 aliphatic rings. The number of para-hydroxylation sites is 1. The van der Waals surface area contributed by atoms with Gasteiger partial charge in [0.05, 0.1) is 6.26 Å². The van der Waals surface area contributed by atoms with Crippen LogP contribution in [0.4, 0.5) is 0 Å². The van der Waals surface area contributed by atoms with Crippen molar-refractivity contribution < 1.29 is 4.42 Å². The van der Waals surface area contributed by atoms with Crippen LogP contribution in [0.1, 0.15) is 19.4 Å². The van der Waals surface area contributed by atoms with Gasteiger partial charge in [-0.15, -0.1) is 0 Å². The fourth-order valence-electron chi connectivity index (χ4n) is 1.66. The molecule has 0 atom stereocenters. The van der Waals surface area contributed by atoms with Crippen LogP contribution in [0.3, 0.4) is 0 Å². The molecule has 2 aromatic rings. The zero-order chi connectivity index (χ0) is 9.26. The maximum Gasteiger partial charge on any atom is 0.137 e. The van der Waals surface area contributed by atoms with Crippen molar-refractivity contribution in [2.45, 2.75) is 20.3 Å². The Hall–Kier alpha value is -1.24. The minimum Gasteiger partial charge on any atom is -0.464 e. The average Bonchev–Trinajstić information content (AvgIpc) is 2.51. The molecule has 68 valence electrons. The van der Waals surface area contributed by atoms with Gasteiger partial charge in [0.25, 0.3) is 0 Å². The molecule has 0 radical (unpaired) electrons. The quantitative estimate of drug-likeness (QED) is 0.677. The lowest BCUT2D eigenvalue weighted by molar-refractivity contribution is 0.595. The minimum atomic E-state index is 0.677. The van der Waals surface area contributed by atoms with E-state index in [0.29, 0.717) is 5.92 Å². The van der Waals surface area contributed by atoms with Crippen LogP contribution in [0.25, 0.3) is 11.0 Å². The Morgan fingerprint density at radius 1 is 1.23 bits per heavy atom. The molecule has 0 saturated heterocycles. The van der Waals surface area contributed by atoms with E-state index in [1.165, 1.54) is 10.9 Å². The summed E-state index contributed by atoms with van der Waals surface area (Å²) >= 11 is 0. The summed E-state index contributed by atoms with van der Waals surface area (Å²) in [6.45, 7) is 4.45. The predicted molar refractivity (Wildman–Crippen MR) is 54.8 cm³/mol. The van der Waals surface area contributed by atoms with Crippen LogP contribution >= 0.6 is 0 Å². The number of fused-ring (bicyclic) bond motifs is 1. The van der Waals surface area contributed by atoms with E-state index >= 15 is 0 Å². The van der Waals surface area contributed by atoms with Gasteiger partial charge in [-0.05, 0) is 24.0 Å². The van der Waals surface area contributed by atoms with E-state index in [9.17, 15) is 0 Å². The zero-order valence-corrected chi connectivity index (χ0v) is 8.08. The minimum absolute atomic E-state index is 0.677. The van der Waals surface area contributed by atoms with Gasteiger partial charge >= 0.3 is 0 Å². The van der Waals surface area contributed by atoms with Crippen LogP contribution in [0.5, 0.6) is 0 Å². The van der Waals surface area contributed by atoms with Gasteiger partial charge in [0.1, 0.15) is 5.58 Å². The maximum atomic E-state index is 5.45. The summed E-state index contributed by atoms with van der Waals surface area (Å²) < 4.78 is 5.45. The summed E-state index contributed by atoms with van der Waals surface area (Å²) in [5.74, 6) is 0.677. The number of rotatable bonds is 2. The van der Waals surface area contributed by atoms with Gasteiger partial charge < -0.3 is 4.42 Å². The summed E-state index contributed by atoms with van der Waals surface area (Å²) in [5, 5.41) is 1.21. The third-order valence-corrected chi connectivity index (χ3v) is 2.19. The molecule has 0 aliphatic heterocycles. The number of furan rings is 1. The van der Waals surface area contributed by atoms with E-state index in [2.05, 4.69) is 32.0 Å². The Labute approximate surface area is 78.4 Å². The van der Waals surface area contributed by atoms with E-state index < -0.39 is 0 Å². The summed E-state index contributed by atoms with van der Waals surface area (Å²) in [7, 11) is 0. The van der Waals surface area contributed by atoms with E-state index in [4.69, 9.17) is 4.42 Å². The molecule has 2 rings (SSSR count). The summed E-state index contributed by atoms with van der Waals surface area (Å²) in [5.41, 5.74) is 2.37. The smallest absolute Gasteiger partial charge is 0.137 e. The molecular weight excluding hydrogens is 160 g/mol. The number of hydrogen-bond donors (Lipinski definition) is 0. The second kappa shape index (κ2) is 3.25. The van der Waals surface area contributed by atoms with Crippen molar-refractivity contribution in [2.75, 3.05) is 0 Å². The van der Waals surface area contributed by atoms with Crippen LogP contribution < -0.4 is 0 Å². The lowest BCUT2D eigenvalue weighted by Gasteiger charge is -2.04. The second-order valence-corrected chi connectivity index (χ2v) is 3.85. The zero-order valence-electron chi connectivity index (χ0n) is 8.08. The van der Waals surface area contributed by atoms with Gasteiger partial charge in [0.2, 0.25) is 0 Å². The molecule has 0 bridgehead atoms. The Kier molecular flexibility index (Phi) is 2.09. The van der Waals surface area contributed by atoms with Crippen molar-refractivity contribution in [1.82, 2.24) is 0 Å². The van der Waals surface area contributed by atoms with Crippen molar-refractivity contribution in [3.63, 3.8) is 0 Å². The molecule has 13 heavy (non-hydrogen) atoms. The van der Waals surface area contributed by atoms with Gasteiger partial charge in [-0.1, -0.05) is 32.0 Å². The highest BCUT2D eigenvalue weighted by Crippen LogP contribution is 2.21. The topological polar surface area (TPSA) is 13.1 Å². The van der Waals surface area contributed by atoms with Crippen molar-refractivity contribution in [3.05, 3.63) is 36.1 Å². The first-order chi connectivity index (χ1) is 6.27. The highest BCUT2D eigenvalue weighted by atomic mass is 16.3. The molecule has 0 saturated carbocycles. The molecule has 1 heteroatoms. The molecule has 0 N–H and O–H groups in total. The molecule has 0 spiro atoms. The third kappa shape index (κ3) is 1.59. The molecule has 1 aromatic carbocycles. The van der Waals surface area contributed by atoms with E-state index in [1.807, 2.05) is 6.07 Å². The normalized spacial score (nSPS) is 11.3. The molecule has 0 aliphatic carbocycles. The van der Waals surface area contributed by atoms with E-state index in [1.54, 1.807) is 6.26 Å². The second-order valence-electron chi connectivity index (χ2n) is 3.85. The highest BCUT2D eigenvalue weighted by molar-refractivity contribution is 5.80. The van der Waals surface area contributed by atoms with Gasteiger partial charge in [-0.3, -0.25) is 0 Å². The average molecular weight is 174 g/mol. The maximum absolute atomic E-state index is 5.45. The van der Waals surface area contributed by atoms with Crippen molar-refractivity contribution in [1.29, 1.82) is 0 Å². The molecule has 0 amide bonds. The Morgan fingerprint density at radius 2 is 2.08 bits per heavy atom. The summed E-state index contributed by atoms with van der Waals surface area (Å²) in [6, 6.07) is 8.34. The van der Waals surface area contributed by atoms with E-state index in [-0.39, 0.29) is 0 Å². The predicted octanol–water partition coefficient (Wildman–Crippen LogP) is 3.63. The first-order valence-electron chi connectivity index (χ1n) is 4.72. The van der Waals surface area contributed by atoms with Crippen LogP contribution in [0.2, 0.25) is 0 Å². The van der Waals surface area contributed by atoms with Gasteiger partial charge in [-0.2, -0.15) is 0 Å². The number of hydrogen-bond acceptors (Lipinski definition) is 1. The SMILES string of the molecule is CC(C)Cc1cccc2ccoc12. The van der Waals surface area contributed by atoms with Crippen LogP contribution in [0, 0.1) is 5.92 Å². The van der Waals surface area contributed by atoms with Crippen LogP contribution in [-0.2, 0) is 6.42 Å². The molecule has 0 fully saturated rings. The summed E-state index contributed by atoms with van der Waals surface area (Å²) in [6.07, 6.45) is 2.85. The lowest BCUT2D eigenvalue weighted by atomic mass is 10.0. The molecule has 1 aromatic heterocycles. The Morgan fingerprint density at radius 3 is 2.85 bits per heavy atom. The largest absolute Gasteiger partial charge is 0.464 e. The molecule has 0 unspecified atom stereocenters. The molecular formula is C12H14O. The van der Waals surface area contributed by atoms with Crippen LogP contribution in [-0.4, -0.2) is 0 Å². The Balaban J connectivity index is 2.48. The summed E-state index contributed by atoms with van der Waals surface area (Å²) in [4.78, 5) is 0. The van der Waals surface area contributed by atoms with Crippen molar-refractivity contribution in [2.24, 2.45) is 5.92 Å². The van der Waals surface area contributed by atoms with Gasteiger partial charge in [-0.25, -0.2) is 0 Å². The first kappa shape index (κ1) is 8.36. The van der Waals surface area contributed by atoms with Crippen molar-refractivity contribution in [3.8, 4) is 0 Å². The van der Waals surface area contributed by atoms with Gasteiger partial charge in [0, 0.05) is 5.39 Å². The lowest BCUT2D eigenvalue weighted by Crippen LogP contribution is -1.93. The highest BCUT2D eigenvalue weighted by Gasteiger charge is 2.04. The fourth-order valence-corrected chi connectivity index (χ4v) is 1.66. The first-order valence-corrected chi connectivity index (χ1v) is 4.72. The Bertz CT molecular complexity index is 398. The third-order valence-electron chi connectivity index (χ3n) is 2.19. The van der Waals surface area contributed by atoms with Crippen LogP contribution in [0.15, 0.2) is 34.9 Å². The monoisotopic (exact) mass is 174 g/mol. The van der Waals surface area contributed by atoms with E-state index in [0.717, 1.165) is 12.0 Å². The number of benzene rings is 1. The van der Waals surface area contributed by atoms with Gasteiger partial charge in [0.15, 0.2) is 0 Å².